The molecule has 0 radical (unpaired) electrons. The summed E-state index contributed by atoms with van der Waals surface area (Å²) >= 11 is 5.89. The van der Waals surface area contributed by atoms with Crippen LogP contribution in [0.25, 0.3) is 0 Å². The molecule has 1 aromatic rings. The molecule has 2 atom stereocenters. The van der Waals surface area contributed by atoms with Gasteiger partial charge in [0.2, 0.25) is 0 Å². The van der Waals surface area contributed by atoms with Crippen molar-refractivity contribution < 1.29 is 4.79 Å². The molecule has 0 aliphatic heterocycles. The van der Waals surface area contributed by atoms with E-state index in [1.165, 1.54) is 12.8 Å². The molecule has 0 bridgehead atoms. The highest BCUT2D eigenvalue weighted by molar-refractivity contribution is 6.33. The fourth-order valence-corrected chi connectivity index (χ4v) is 3.07. The molecule has 0 aromatic heterocycles. The normalized spacial score (nSPS) is 23.9. The summed E-state index contributed by atoms with van der Waals surface area (Å²) in [6.45, 7) is 2.17. The van der Waals surface area contributed by atoms with Crippen LogP contribution in [-0.2, 0) is 0 Å². The fourth-order valence-electron chi connectivity index (χ4n) is 2.95. The average molecular weight is 266 g/mol. The van der Waals surface area contributed by atoms with Crippen molar-refractivity contribution in [3.05, 3.63) is 28.8 Å². The third kappa shape index (κ3) is 2.69. The lowest BCUT2D eigenvalue weighted by Crippen LogP contribution is -2.27. The minimum Gasteiger partial charge on any atom is -0.398 e. The van der Waals surface area contributed by atoms with Crippen LogP contribution in [0.1, 0.15) is 49.4 Å². The Bertz CT molecular complexity index is 444. The van der Waals surface area contributed by atoms with Crippen molar-refractivity contribution in [1.29, 1.82) is 0 Å². The van der Waals surface area contributed by atoms with Crippen LogP contribution in [0.3, 0.4) is 0 Å². The van der Waals surface area contributed by atoms with Gasteiger partial charge in [0, 0.05) is 11.5 Å². The fraction of sp³-hybridized carbons (Fsp3) is 0.533. The van der Waals surface area contributed by atoms with Crippen molar-refractivity contribution in [2.45, 2.75) is 39.0 Å². The molecule has 0 heterocycles. The number of Topliss-reactive ketones (excluding diaryl/α,β-unsaturated/α-hetero) is 1. The third-order valence-electron chi connectivity index (χ3n) is 4.05. The Morgan fingerprint density at radius 2 is 2.11 bits per heavy atom. The van der Waals surface area contributed by atoms with E-state index in [1.54, 1.807) is 18.2 Å². The maximum Gasteiger partial charge on any atom is 0.166 e. The number of halogens is 1. The van der Waals surface area contributed by atoms with Gasteiger partial charge in [0.15, 0.2) is 5.78 Å². The topological polar surface area (TPSA) is 43.1 Å². The number of anilines is 1. The molecule has 1 aliphatic rings. The molecule has 2 N–H and O–H groups in total. The molecule has 2 rings (SSSR count). The summed E-state index contributed by atoms with van der Waals surface area (Å²) in [7, 11) is 0. The number of benzene rings is 1. The lowest BCUT2D eigenvalue weighted by atomic mass is 9.74. The van der Waals surface area contributed by atoms with Gasteiger partial charge in [-0.05, 0) is 37.0 Å². The molecule has 3 heteroatoms. The monoisotopic (exact) mass is 265 g/mol. The van der Waals surface area contributed by atoms with Crippen LogP contribution >= 0.6 is 11.6 Å². The SMILES string of the molecule is CCC1CCCCC1C(=O)c1ccc(Cl)c(N)c1. The smallest absolute Gasteiger partial charge is 0.166 e. The standard InChI is InChI=1S/C15H20ClNO/c1-2-10-5-3-4-6-12(10)15(18)11-7-8-13(16)14(17)9-11/h7-10,12H,2-6,17H2,1H3. The van der Waals surface area contributed by atoms with E-state index in [-0.39, 0.29) is 11.7 Å². The lowest BCUT2D eigenvalue weighted by molar-refractivity contribution is 0.0820. The molecule has 1 fully saturated rings. The first-order valence-electron chi connectivity index (χ1n) is 6.72. The van der Waals surface area contributed by atoms with E-state index in [1.807, 2.05) is 0 Å². The summed E-state index contributed by atoms with van der Waals surface area (Å²) in [6, 6.07) is 5.22. The zero-order valence-corrected chi connectivity index (χ0v) is 11.5. The van der Waals surface area contributed by atoms with Gasteiger partial charge in [0.25, 0.3) is 0 Å². The maximum absolute atomic E-state index is 12.5. The number of nitrogen functional groups attached to an aromatic ring is 1. The number of carbonyl (C=O) groups excluding carboxylic acids is 1. The Morgan fingerprint density at radius 1 is 1.39 bits per heavy atom. The highest BCUT2D eigenvalue weighted by Gasteiger charge is 2.30. The minimum absolute atomic E-state index is 0.171. The van der Waals surface area contributed by atoms with Gasteiger partial charge < -0.3 is 5.73 Å². The van der Waals surface area contributed by atoms with Crippen LogP contribution in [-0.4, -0.2) is 5.78 Å². The molecule has 2 unspecified atom stereocenters. The third-order valence-corrected chi connectivity index (χ3v) is 4.39. The predicted molar refractivity (Wildman–Crippen MR) is 75.9 cm³/mol. The zero-order chi connectivity index (χ0) is 13.1. The van der Waals surface area contributed by atoms with Crippen molar-refractivity contribution in [3.63, 3.8) is 0 Å². The van der Waals surface area contributed by atoms with Crippen LogP contribution in [0, 0.1) is 11.8 Å². The molecule has 1 aliphatic carbocycles. The first kappa shape index (κ1) is 13.4. The molecule has 2 nitrogen and oxygen atoms in total. The van der Waals surface area contributed by atoms with E-state index >= 15 is 0 Å². The summed E-state index contributed by atoms with van der Waals surface area (Å²) in [5.41, 5.74) is 6.97. The molecule has 98 valence electrons. The largest absolute Gasteiger partial charge is 0.398 e. The number of nitrogens with two attached hydrogens (primary N) is 1. The Kier molecular flexibility index (Phi) is 4.28. The number of hydrogen-bond acceptors (Lipinski definition) is 2. The molecule has 0 amide bonds. The van der Waals surface area contributed by atoms with Crippen LogP contribution in [0.5, 0.6) is 0 Å². The van der Waals surface area contributed by atoms with Gasteiger partial charge in [-0.1, -0.05) is 37.8 Å². The first-order valence-corrected chi connectivity index (χ1v) is 7.10. The van der Waals surface area contributed by atoms with Crippen LogP contribution < -0.4 is 5.73 Å². The van der Waals surface area contributed by atoms with Crippen molar-refractivity contribution in [2.75, 3.05) is 5.73 Å². The van der Waals surface area contributed by atoms with Gasteiger partial charge in [-0.2, -0.15) is 0 Å². The van der Waals surface area contributed by atoms with Crippen molar-refractivity contribution in [1.82, 2.24) is 0 Å². The van der Waals surface area contributed by atoms with Gasteiger partial charge in [-0.15, -0.1) is 0 Å². The molecule has 18 heavy (non-hydrogen) atoms. The highest BCUT2D eigenvalue weighted by atomic mass is 35.5. The Balaban J connectivity index is 2.21. The number of rotatable bonds is 3. The minimum atomic E-state index is 0.171. The average Bonchev–Trinajstić information content (AvgIpc) is 2.41. The molecule has 1 saturated carbocycles. The van der Waals surface area contributed by atoms with E-state index in [0.717, 1.165) is 19.3 Å². The lowest BCUT2D eigenvalue weighted by Gasteiger charge is -2.29. The zero-order valence-electron chi connectivity index (χ0n) is 10.8. The van der Waals surface area contributed by atoms with Crippen molar-refractivity contribution in [2.24, 2.45) is 11.8 Å². The molecule has 0 spiro atoms. The number of ketones is 1. The van der Waals surface area contributed by atoms with Gasteiger partial charge in [-0.3, -0.25) is 4.79 Å². The second-order valence-electron chi connectivity index (χ2n) is 5.16. The second kappa shape index (κ2) is 5.75. The van der Waals surface area contributed by atoms with Crippen molar-refractivity contribution in [3.8, 4) is 0 Å². The highest BCUT2D eigenvalue weighted by Crippen LogP contribution is 2.35. The summed E-state index contributed by atoms with van der Waals surface area (Å²) in [5, 5.41) is 0.516. The second-order valence-corrected chi connectivity index (χ2v) is 5.57. The molecule has 1 aromatic carbocycles. The van der Waals surface area contributed by atoms with E-state index < -0.39 is 0 Å². The van der Waals surface area contributed by atoms with Gasteiger partial charge >= 0.3 is 0 Å². The van der Waals surface area contributed by atoms with Crippen LogP contribution in [0.4, 0.5) is 5.69 Å². The summed E-state index contributed by atoms with van der Waals surface area (Å²) < 4.78 is 0. The summed E-state index contributed by atoms with van der Waals surface area (Å²) in [4.78, 5) is 12.5. The summed E-state index contributed by atoms with van der Waals surface area (Å²) in [6.07, 6.45) is 5.69. The maximum atomic E-state index is 12.5. The van der Waals surface area contributed by atoms with Gasteiger partial charge in [0.1, 0.15) is 0 Å². The Hall–Kier alpha value is -1.02. The molecule has 0 saturated heterocycles. The van der Waals surface area contributed by atoms with E-state index in [2.05, 4.69) is 6.92 Å². The Labute approximate surface area is 114 Å². The van der Waals surface area contributed by atoms with E-state index in [4.69, 9.17) is 17.3 Å². The predicted octanol–water partition coefficient (Wildman–Crippen LogP) is 4.32. The Morgan fingerprint density at radius 3 is 2.78 bits per heavy atom. The molecular formula is C15H20ClNO. The van der Waals surface area contributed by atoms with Crippen LogP contribution in [0.15, 0.2) is 18.2 Å². The number of carbonyl (C=O) groups is 1. The first-order chi connectivity index (χ1) is 8.63. The van der Waals surface area contributed by atoms with E-state index in [0.29, 0.717) is 22.2 Å². The quantitative estimate of drug-likeness (QED) is 0.653. The van der Waals surface area contributed by atoms with Gasteiger partial charge in [0.05, 0.1) is 10.7 Å². The summed E-state index contributed by atoms with van der Waals surface area (Å²) in [5.74, 6) is 0.942. The molecular weight excluding hydrogens is 246 g/mol. The van der Waals surface area contributed by atoms with E-state index in [9.17, 15) is 4.79 Å². The number of hydrogen-bond donors (Lipinski definition) is 1. The van der Waals surface area contributed by atoms with Crippen LogP contribution in [0.2, 0.25) is 5.02 Å². The van der Waals surface area contributed by atoms with Gasteiger partial charge in [-0.25, -0.2) is 0 Å². The van der Waals surface area contributed by atoms with Crippen molar-refractivity contribution >= 4 is 23.1 Å².